The van der Waals surface area contributed by atoms with Crippen LogP contribution in [0, 0.1) is 11.3 Å². The maximum atomic E-state index is 12.3. The lowest BCUT2D eigenvalue weighted by Gasteiger charge is -2.04. The van der Waals surface area contributed by atoms with Crippen LogP contribution in [0.1, 0.15) is 28.2 Å². The number of alkyl halides is 2. The summed E-state index contributed by atoms with van der Waals surface area (Å²) in [7, 11) is 0. The Morgan fingerprint density at radius 1 is 1.60 bits per heavy atom. The molecule has 0 saturated heterocycles. The van der Waals surface area contributed by atoms with Gasteiger partial charge in [0.1, 0.15) is 17.5 Å². The van der Waals surface area contributed by atoms with Gasteiger partial charge in [-0.25, -0.2) is 13.8 Å². The fourth-order valence-electron chi connectivity index (χ4n) is 0.891. The smallest absolute Gasteiger partial charge is 0.274 e. The maximum absolute atomic E-state index is 12.3. The topological polar surface area (TPSA) is 53.8 Å². The van der Waals surface area contributed by atoms with E-state index in [1.807, 2.05) is 0 Å². The fraction of sp³-hybridized carbons (Fsp3) is 0.125. The molecular formula is C8H2Cl2F2N2O. The second-order valence-corrected chi connectivity index (χ2v) is 3.19. The number of hydrogen-bond acceptors (Lipinski definition) is 3. The van der Waals surface area contributed by atoms with Crippen LogP contribution in [0.3, 0.4) is 0 Å². The summed E-state index contributed by atoms with van der Waals surface area (Å²) in [5, 5.41) is 7.12. The standard InChI is InChI=1S/C8H2Cl2F2N2O/c9-4-1-3(2-13)5(7(10)15)14-6(4)8(11)12/h1,8H. The summed E-state index contributed by atoms with van der Waals surface area (Å²) in [5.41, 5.74) is -1.51. The first-order chi connectivity index (χ1) is 6.97. The van der Waals surface area contributed by atoms with E-state index in [9.17, 15) is 13.6 Å². The number of aromatic nitrogens is 1. The molecule has 0 fully saturated rings. The molecule has 0 aromatic carbocycles. The van der Waals surface area contributed by atoms with Crippen LogP contribution in [-0.2, 0) is 0 Å². The van der Waals surface area contributed by atoms with E-state index in [0.717, 1.165) is 6.07 Å². The molecule has 0 aliphatic heterocycles. The summed E-state index contributed by atoms with van der Waals surface area (Å²) in [5.74, 6) is 0. The first-order valence-electron chi connectivity index (χ1n) is 3.56. The third kappa shape index (κ3) is 2.41. The summed E-state index contributed by atoms with van der Waals surface area (Å²) < 4.78 is 24.6. The van der Waals surface area contributed by atoms with Gasteiger partial charge in [-0.15, -0.1) is 0 Å². The first-order valence-corrected chi connectivity index (χ1v) is 4.31. The predicted molar refractivity (Wildman–Crippen MR) is 49.1 cm³/mol. The summed E-state index contributed by atoms with van der Waals surface area (Å²) >= 11 is 10.5. The molecule has 15 heavy (non-hydrogen) atoms. The number of carbonyl (C=O) groups is 1. The van der Waals surface area contributed by atoms with Crippen LogP contribution in [0.2, 0.25) is 5.02 Å². The molecule has 0 atom stereocenters. The highest BCUT2D eigenvalue weighted by molar-refractivity contribution is 6.67. The molecule has 0 amide bonds. The molecule has 0 aliphatic rings. The molecule has 0 saturated carbocycles. The van der Waals surface area contributed by atoms with Gasteiger partial charge in [0, 0.05) is 0 Å². The van der Waals surface area contributed by atoms with Gasteiger partial charge in [-0.3, -0.25) is 4.79 Å². The molecule has 3 nitrogen and oxygen atoms in total. The van der Waals surface area contributed by atoms with Gasteiger partial charge in [0.2, 0.25) is 0 Å². The van der Waals surface area contributed by atoms with Crippen molar-refractivity contribution in [2.45, 2.75) is 6.43 Å². The molecule has 1 aromatic heterocycles. The number of pyridine rings is 1. The minimum absolute atomic E-state index is 0.232. The Kier molecular flexibility index (Phi) is 3.56. The van der Waals surface area contributed by atoms with Crippen LogP contribution in [0.4, 0.5) is 8.78 Å². The zero-order valence-electron chi connectivity index (χ0n) is 6.97. The SMILES string of the molecule is N#Cc1cc(Cl)c(C(F)F)nc1C(=O)Cl. The summed E-state index contributed by atoms with van der Waals surface area (Å²) in [6, 6.07) is 2.52. The lowest BCUT2D eigenvalue weighted by Crippen LogP contribution is -2.03. The third-order valence-corrected chi connectivity index (χ3v) is 2.00. The zero-order chi connectivity index (χ0) is 11.6. The number of hydrogen-bond donors (Lipinski definition) is 0. The van der Waals surface area contributed by atoms with Crippen molar-refractivity contribution in [2.75, 3.05) is 0 Å². The molecule has 0 radical (unpaired) electrons. The van der Waals surface area contributed by atoms with E-state index < -0.39 is 23.1 Å². The van der Waals surface area contributed by atoms with Gasteiger partial charge in [0.15, 0.2) is 0 Å². The molecule has 7 heteroatoms. The minimum Gasteiger partial charge on any atom is -0.274 e. The molecule has 1 aromatic rings. The second-order valence-electron chi connectivity index (χ2n) is 2.44. The lowest BCUT2D eigenvalue weighted by atomic mass is 10.2. The van der Waals surface area contributed by atoms with E-state index in [2.05, 4.69) is 4.98 Å². The van der Waals surface area contributed by atoms with Gasteiger partial charge in [-0.1, -0.05) is 11.6 Å². The highest BCUT2D eigenvalue weighted by Gasteiger charge is 2.20. The van der Waals surface area contributed by atoms with E-state index >= 15 is 0 Å². The third-order valence-electron chi connectivity index (χ3n) is 1.52. The Balaban J connectivity index is 3.45. The van der Waals surface area contributed by atoms with Gasteiger partial charge in [0.05, 0.1) is 10.6 Å². The Bertz CT molecular complexity index is 457. The molecule has 1 rings (SSSR count). The number of nitrogens with zero attached hydrogens (tertiary/aromatic N) is 2. The zero-order valence-corrected chi connectivity index (χ0v) is 8.48. The van der Waals surface area contributed by atoms with Crippen LogP contribution >= 0.6 is 23.2 Å². The van der Waals surface area contributed by atoms with Crippen molar-refractivity contribution in [3.05, 3.63) is 28.0 Å². The van der Waals surface area contributed by atoms with E-state index in [-0.39, 0.29) is 10.6 Å². The monoisotopic (exact) mass is 250 g/mol. The molecule has 0 aliphatic carbocycles. The Labute approximate surface area is 93.2 Å². The summed E-state index contributed by atoms with van der Waals surface area (Å²) in [4.78, 5) is 14.0. The van der Waals surface area contributed by atoms with Gasteiger partial charge in [0.25, 0.3) is 11.7 Å². The molecule has 0 unspecified atom stereocenters. The number of carbonyl (C=O) groups excluding carboxylic acids is 1. The van der Waals surface area contributed by atoms with Gasteiger partial charge in [-0.2, -0.15) is 5.26 Å². The van der Waals surface area contributed by atoms with Crippen molar-refractivity contribution in [2.24, 2.45) is 0 Å². The molecule has 1 heterocycles. The van der Waals surface area contributed by atoms with Gasteiger partial charge < -0.3 is 0 Å². The van der Waals surface area contributed by atoms with Crippen molar-refractivity contribution in [3.8, 4) is 6.07 Å². The molecular weight excluding hydrogens is 249 g/mol. The van der Waals surface area contributed by atoms with Crippen LogP contribution in [0.5, 0.6) is 0 Å². The molecule has 0 bridgehead atoms. The van der Waals surface area contributed by atoms with Crippen LogP contribution in [0.15, 0.2) is 6.07 Å². The Morgan fingerprint density at radius 2 is 2.20 bits per heavy atom. The van der Waals surface area contributed by atoms with Gasteiger partial charge in [-0.05, 0) is 17.7 Å². The highest BCUT2D eigenvalue weighted by atomic mass is 35.5. The average Bonchev–Trinajstić information content (AvgIpc) is 2.16. The highest BCUT2D eigenvalue weighted by Crippen LogP contribution is 2.27. The fourth-order valence-corrected chi connectivity index (χ4v) is 1.27. The molecule has 0 N–H and O–H groups in total. The summed E-state index contributed by atoms with van der Waals surface area (Å²) in [6.07, 6.45) is -2.93. The van der Waals surface area contributed by atoms with E-state index in [4.69, 9.17) is 28.5 Å². The van der Waals surface area contributed by atoms with Crippen molar-refractivity contribution in [1.82, 2.24) is 4.98 Å². The second kappa shape index (κ2) is 4.51. The van der Waals surface area contributed by atoms with Gasteiger partial charge >= 0.3 is 0 Å². The summed E-state index contributed by atoms with van der Waals surface area (Å²) in [6.45, 7) is 0. The quantitative estimate of drug-likeness (QED) is 0.759. The average molecular weight is 251 g/mol. The normalized spacial score (nSPS) is 10.1. The van der Waals surface area contributed by atoms with Crippen LogP contribution in [0.25, 0.3) is 0 Å². The predicted octanol–water partition coefficient (Wildman–Crippen LogP) is 2.92. The van der Waals surface area contributed by atoms with E-state index in [1.54, 1.807) is 6.07 Å². The molecule has 78 valence electrons. The van der Waals surface area contributed by atoms with Crippen molar-refractivity contribution >= 4 is 28.4 Å². The van der Waals surface area contributed by atoms with E-state index in [1.165, 1.54) is 0 Å². The van der Waals surface area contributed by atoms with Crippen molar-refractivity contribution in [3.63, 3.8) is 0 Å². The Hall–Kier alpha value is -1.25. The first kappa shape index (κ1) is 11.8. The molecule has 0 spiro atoms. The van der Waals surface area contributed by atoms with Crippen molar-refractivity contribution < 1.29 is 13.6 Å². The lowest BCUT2D eigenvalue weighted by molar-refractivity contribution is 0.107. The number of nitriles is 1. The van der Waals surface area contributed by atoms with Crippen LogP contribution in [-0.4, -0.2) is 10.2 Å². The number of halogens is 4. The van der Waals surface area contributed by atoms with Crippen LogP contribution < -0.4 is 0 Å². The van der Waals surface area contributed by atoms with E-state index in [0.29, 0.717) is 0 Å². The Morgan fingerprint density at radius 3 is 2.60 bits per heavy atom. The van der Waals surface area contributed by atoms with Crippen molar-refractivity contribution in [1.29, 1.82) is 5.26 Å². The number of rotatable bonds is 2. The maximum Gasteiger partial charge on any atom is 0.281 e. The largest absolute Gasteiger partial charge is 0.281 e. The minimum atomic E-state index is -2.93.